The average Bonchev–Trinajstić information content (AvgIpc) is 2.62. The minimum Gasteiger partial charge on any atom is -0.495 e. The van der Waals surface area contributed by atoms with Gasteiger partial charge in [-0.25, -0.2) is 0 Å². The summed E-state index contributed by atoms with van der Waals surface area (Å²) in [6.07, 6.45) is -4.52. The van der Waals surface area contributed by atoms with E-state index in [-0.39, 0.29) is 29.7 Å². The molecule has 0 heterocycles. The number of hydrogen-bond donors (Lipinski definition) is 1. The van der Waals surface area contributed by atoms with Crippen molar-refractivity contribution in [3.05, 3.63) is 35.4 Å². The number of rotatable bonds is 7. The quantitative estimate of drug-likeness (QED) is 0.430. The Morgan fingerprint density at radius 2 is 1.96 bits per heavy atom. The van der Waals surface area contributed by atoms with Crippen LogP contribution in [-0.4, -0.2) is 37.6 Å². The molecule has 1 rings (SSSR count). The summed E-state index contributed by atoms with van der Waals surface area (Å²) < 4.78 is 46.7. The number of ether oxygens (including phenoxy) is 2. The number of halogens is 3. The number of carbonyl (C=O) groups excluding carboxylic acids is 3. The summed E-state index contributed by atoms with van der Waals surface area (Å²) in [6.45, 7) is 2.91. The normalized spacial score (nSPS) is 12.2. The van der Waals surface area contributed by atoms with Crippen molar-refractivity contribution >= 4 is 23.3 Å². The molecule has 1 N–H and O–H groups in total. The first-order valence-electron chi connectivity index (χ1n) is 7.90. The highest BCUT2D eigenvalue weighted by atomic mass is 19.4. The molecule has 0 aromatic heterocycles. The molecule has 0 aliphatic heterocycles. The van der Waals surface area contributed by atoms with Crippen LogP contribution in [0.4, 0.5) is 18.9 Å². The Hall–Kier alpha value is -3.35. The van der Waals surface area contributed by atoms with Gasteiger partial charge in [-0.15, -0.1) is 0 Å². The predicted molar refractivity (Wildman–Crippen MR) is 91.4 cm³/mol. The smallest absolute Gasteiger partial charge is 0.454 e. The van der Waals surface area contributed by atoms with Gasteiger partial charge in [0.25, 0.3) is 5.78 Å². The van der Waals surface area contributed by atoms with Crippen molar-refractivity contribution in [2.24, 2.45) is 5.92 Å². The van der Waals surface area contributed by atoms with E-state index in [1.807, 2.05) is 6.07 Å². The van der Waals surface area contributed by atoms with E-state index >= 15 is 0 Å². The number of nitrogens with one attached hydrogen (secondary N) is 1. The highest BCUT2D eigenvalue weighted by molar-refractivity contribution is 6.07. The SMILES string of the molecule is CCOC(=O)C(/C=C/C(=O)C(F)(F)F)C(=O)Nc1cc(C#N)c(OC)cc1C. The predicted octanol–water partition coefficient (Wildman–Crippen LogP) is 2.68. The molecule has 0 saturated carbocycles. The van der Waals surface area contributed by atoms with Crippen LogP contribution in [0.2, 0.25) is 0 Å². The molecule has 0 fully saturated rings. The van der Waals surface area contributed by atoms with Gasteiger partial charge in [-0.2, -0.15) is 18.4 Å². The Kier molecular flexibility index (Phi) is 7.74. The van der Waals surface area contributed by atoms with Gasteiger partial charge >= 0.3 is 12.1 Å². The zero-order chi connectivity index (χ0) is 21.5. The zero-order valence-electron chi connectivity index (χ0n) is 15.2. The summed E-state index contributed by atoms with van der Waals surface area (Å²) in [5.74, 6) is -5.91. The number of anilines is 1. The Balaban J connectivity index is 3.18. The number of benzene rings is 1. The molecule has 28 heavy (non-hydrogen) atoms. The van der Waals surface area contributed by atoms with E-state index in [1.165, 1.54) is 26.2 Å². The standard InChI is InChI=1S/C18H17F3N2O5/c1-4-28-17(26)12(5-6-15(24)18(19,20)21)16(25)23-13-8-11(9-22)14(27-3)7-10(13)2/h5-8,12H,4H2,1-3H3,(H,23,25)/b6-5+. The lowest BCUT2D eigenvalue weighted by Crippen LogP contribution is -2.31. The molecule has 1 aromatic carbocycles. The lowest BCUT2D eigenvalue weighted by atomic mass is 10.1. The molecular weight excluding hydrogens is 381 g/mol. The molecule has 0 aliphatic rings. The molecule has 7 nitrogen and oxygen atoms in total. The molecule has 0 bridgehead atoms. The molecule has 10 heteroatoms. The first-order valence-corrected chi connectivity index (χ1v) is 7.90. The van der Waals surface area contributed by atoms with Crippen molar-refractivity contribution in [2.75, 3.05) is 19.0 Å². The summed E-state index contributed by atoms with van der Waals surface area (Å²) in [4.78, 5) is 35.4. The highest BCUT2D eigenvalue weighted by Crippen LogP contribution is 2.27. The van der Waals surface area contributed by atoms with Crippen LogP contribution < -0.4 is 10.1 Å². The maximum absolute atomic E-state index is 12.4. The van der Waals surface area contributed by atoms with Gasteiger partial charge in [-0.1, -0.05) is 6.08 Å². The fraction of sp³-hybridized carbons (Fsp3) is 0.333. The number of hydrogen-bond acceptors (Lipinski definition) is 6. The Morgan fingerprint density at radius 3 is 2.46 bits per heavy atom. The first kappa shape index (κ1) is 22.7. The maximum atomic E-state index is 12.4. The van der Waals surface area contributed by atoms with Gasteiger partial charge in [-0.05, 0) is 37.6 Å². The molecule has 1 aromatic rings. The topological polar surface area (TPSA) is 105 Å². The van der Waals surface area contributed by atoms with Gasteiger partial charge < -0.3 is 14.8 Å². The number of ketones is 1. The van der Waals surface area contributed by atoms with E-state index in [9.17, 15) is 27.6 Å². The molecular formula is C18H17F3N2O5. The van der Waals surface area contributed by atoms with Gasteiger partial charge in [0.15, 0.2) is 5.92 Å². The summed E-state index contributed by atoms with van der Waals surface area (Å²) in [5, 5.41) is 11.5. The second-order valence-electron chi connectivity index (χ2n) is 5.42. The monoisotopic (exact) mass is 398 g/mol. The van der Waals surface area contributed by atoms with Crippen LogP contribution in [0.25, 0.3) is 0 Å². The fourth-order valence-corrected chi connectivity index (χ4v) is 2.07. The number of nitrogens with zero attached hydrogens (tertiary/aromatic N) is 1. The number of esters is 1. The van der Waals surface area contributed by atoms with Gasteiger partial charge in [-0.3, -0.25) is 14.4 Å². The van der Waals surface area contributed by atoms with Crippen LogP contribution in [0.15, 0.2) is 24.3 Å². The maximum Gasteiger partial charge on any atom is 0.454 e. The largest absolute Gasteiger partial charge is 0.495 e. The van der Waals surface area contributed by atoms with Crippen LogP contribution in [-0.2, 0) is 19.1 Å². The number of alkyl halides is 3. The van der Waals surface area contributed by atoms with Crippen molar-refractivity contribution in [3.8, 4) is 11.8 Å². The summed E-state index contributed by atoms with van der Waals surface area (Å²) in [5.41, 5.74) is 0.716. The Labute approximate surface area is 158 Å². The molecule has 0 spiro atoms. The lowest BCUT2D eigenvalue weighted by Gasteiger charge is -2.15. The van der Waals surface area contributed by atoms with Gasteiger partial charge in [0.2, 0.25) is 5.91 Å². The third-order valence-electron chi connectivity index (χ3n) is 3.47. The molecule has 0 aliphatic carbocycles. The molecule has 1 atom stereocenters. The van der Waals surface area contributed by atoms with E-state index in [1.54, 1.807) is 6.92 Å². The van der Waals surface area contributed by atoms with E-state index < -0.39 is 29.8 Å². The molecule has 150 valence electrons. The minimum atomic E-state index is -5.14. The number of nitriles is 1. The van der Waals surface area contributed by atoms with Crippen LogP contribution in [0, 0.1) is 24.2 Å². The summed E-state index contributed by atoms with van der Waals surface area (Å²) in [7, 11) is 1.35. The van der Waals surface area contributed by atoms with E-state index in [2.05, 4.69) is 10.1 Å². The van der Waals surface area contributed by atoms with Gasteiger partial charge in [0.1, 0.15) is 11.8 Å². The van der Waals surface area contributed by atoms with E-state index in [0.29, 0.717) is 11.6 Å². The number of allylic oxidation sites excluding steroid dienone is 1. The van der Waals surface area contributed by atoms with Crippen molar-refractivity contribution in [2.45, 2.75) is 20.0 Å². The minimum absolute atomic E-state index is 0.0962. The molecule has 0 radical (unpaired) electrons. The summed E-state index contributed by atoms with van der Waals surface area (Å²) in [6, 6.07) is 4.62. The van der Waals surface area contributed by atoms with Crippen LogP contribution >= 0.6 is 0 Å². The van der Waals surface area contributed by atoms with Gasteiger partial charge in [0.05, 0.1) is 19.3 Å². The number of amides is 1. The second kappa shape index (κ2) is 9.55. The van der Waals surface area contributed by atoms with E-state index in [0.717, 1.165) is 0 Å². The fourth-order valence-electron chi connectivity index (χ4n) is 2.07. The molecule has 1 amide bonds. The Bertz CT molecular complexity index is 841. The lowest BCUT2D eigenvalue weighted by molar-refractivity contribution is -0.165. The van der Waals surface area contributed by atoms with Crippen molar-refractivity contribution in [3.63, 3.8) is 0 Å². The van der Waals surface area contributed by atoms with Crippen LogP contribution in [0.3, 0.4) is 0 Å². The third-order valence-corrected chi connectivity index (χ3v) is 3.47. The molecule has 1 unspecified atom stereocenters. The average molecular weight is 398 g/mol. The number of methoxy groups -OCH3 is 1. The van der Waals surface area contributed by atoms with Crippen LogP contribution in [0.5, 0.6) is 5.75 Å². The first-order chi connectivity index (χ1) is 13.0. The van der Waals surface area contributed by atoms with Crippen molar-refractivity contribution in [1.29, 1.82) is 5.26 Å². The number of carbonyl (C=O) groups is 3. The number of aryl methyl sites for hydroxylation is 1. The highest BCUT2D eigenvalue weighted by Gasteiger charge is 2.37. The zero-order valence-corrected chi connectivity index (χ0v) is 15.2. The van der Waals surface area contributed by atoms with E-state index in [4.69, 9.17) is 10.00 Å². The molecule has 0 saturated heterocycles. The van der Waals surface area contributed by atoms with Crippen LogP contribution in [0.1, 0.15) is 18.1 Å². The summed E-state index contributed by atoms with van der Waals surface area (Å²) >= 11 is 0. The second-order valence-corrected chi connectivity index (χ2v) is 5.42. The Morgan fingerprint density at radius 1 is 1.32 bits per heavy atom. The van der Waals surface area contributed by atoms with Gasteiger partial charge in [0, 0.05) is 5.69 Å². The third kappa shape index (κ3) is 5.84. The van der Waals surface area contributed by atoms with Crippen molar-refractivity contribution in [1.82, 2.24) is 0 Å². The van der Waals surface area contributed by atoms with Crippen molar-refractivity contribution < 1.29 is 37.0 Å².